The molecule has 4 nitrogen and oxygen atoms in total. The van der Waals surface area contributed by atoms with Crippen LogP contribution in [0.15, 0.2) is 65.3 Å². The van der Waals surface area contributed by atoms with Crippen LogP contribution in [-0.2, 0) is 6.54 Å². The van der Waals surface area contributed by atoms with Crippen molar-refractivity contribution in [2.45, 2.75) is 13.5 Å². The molecule has 24 heavy (non-hydrogen) atoms. The van der Waals surface area contributed by atoms with Gasteiger partial charge in [-0.1, -0.05) is 52.3 Å². The van der Waals surface area contributed by atoms with E-state index in [4.69, 9.17) is 0 Å². The molecule has 2 aromatic carbocycles. The lowest BCUT2D eigenvalue weighted by atomic mass is 10.2. The van der Waals surface area contributed by atoms with E-state index in [1.54, 1.807) is 6.20 Å². The zero-order valence-electron chi connectivity index (χ0n) is 13.7. The molecule has 1 heterocycles. The first kappa shape index (κ1) is 16.5. The van der Waals surface area contributed by atoms with Crippen LogP contribution >= 0.6 is 15.9 Å². The fraction of sp³-hybridized carbons (Fsp3) is 0.158. The lowest BCUT2D eigenvalue weighted by Gasteiger charge is -2.18. The molecule has 0 radical (unpaired) electrons. The maximum atomic E-state index is 4.60. The van der Waals surface area contributed by atoms with Crippen LogP contribution in [-0.4, -0.2) is 17.0 Å². The van der Waals surface area contributed by atoms with Crippen molar-refractivity contribution in [1.29, 1.82) is 0 Å². The fourth-order valence-corrected chi connectivity index (χ4v) is 2.73. The van der Waals surface area contributed by atoms with Gasteiger partial charge in [0.1, 0.15) is 5.82 Å². The highest BCUT2D eigenvalue weighted by molar-refractivity contribution is 9.10. The molecule has 0 unspecified atom stereocenters. The minimum absolute atomic E-state index is 0.690. The predicted octanol–water partition coefficient (Wildman–Crippen LogP) is 4.93. The quantitative estimate of drug-likeness (QED) is 0.679. The van der Waals surface area contributed by atoms with E-state index in [2.05, 4.69) is 56.3 Å². The van der Waals surface area contributed by atoms with Gasteiger partial charge in [0.05, 0.1) is 0 Å². The second-order valence-electron chi connectivity index (χ2n) is 5.67. The van der Waals surface area contributed by atoms with Crippen LogP contribution in [0.3, 0.4) is 0 Å². The van der Waals surface area contributed by atoms with Gasteiger partial charge in [-0.25, -0.2) is 4.98 Å². The van der Waals surface area contributed by atoms with E-state index in [9.17, 15) is 0 Å². The maximum Gasteiger partial charge on any atom is 0.227 e. The summed E-state index contributed by atoms with van der Waals surface area (Å²) in [6.07, 6.45) is 1.77. The van der Waals surface area contributed by atoms with Crippen LogP contribution in [0.2, 0.25) is 0 Å². The summed E-state index contributed by atoms with van der Waals surface area (Å²) in [5.74, 6) is 1.46. The number of nitrogens with one attached hydrogen (secondary N) is 1. The first-order valence-electron chi connectivity index (χ1n) is 7.73. The van der Waals surface area contributed by atoms with E-state index >= 15 is 0 Å². The molecule has 0 saturated carbocycles. The molecule has 0 aliphatic carbocycles. The molecule has 0 saturated heterocycles. The lowest BCUT2D eigenvalue weighted by molar-refractivity contribution is 0.868. The number of nitrogens with zero attached hydrogens (tertiary/aromatic N) is 3. The molecule has 3 aromatic rings. The van der Waals surface area contributed by atoms with Crippen LogP contribution < -0.4 is 10.2 Å². The molecule has 0 amide bonds. The molecule has 3 rings (SSSR count). The Morgan fingerprint density at radius 3 is 2.62 bits per heavy atom. The van der Waals surface area contributed by atoms with Crippen molar-refractivity contribution < 1.29 is 0 Å². The van der Waals surface area contributed by atoms with Gasteiger partial charge in [0.2, 0.25) is 5.95 Å². The van der Waals surface area contributed by atoms with Crippen LogP contribution in [0.25, 0.3) is 0 Å². The number of anilines is 3. The van der Waals surface area contributed by atoms with E-state index in [0.29, 0.717) is 5.95 Å². The molecule has 122 valence electrons. The highest BCUT2D eigenvalue weighted by atomic mass is 79.9. The number of hydrogen-bond donors (Lipinski definition) is 1. The molecule has 1 aromatic heterocycles. The molecule has 0 bridgehead atoms. The Balaban J connectivity index is 1.74. The average Bonchev–Trinajstić information content (AvgIpc) is 2.59. The predicted molar refractivity (Wildman–Crippen MR) is 103 cm³/mol. The summed E-state index contributed by atoms with van der Waals surface area (Å²) in [6, 6.07) is 18.3. The average molecular weight is 383 g/mol. The monoisotopic (exact) mass is 382 g/mol. The van der Waals surface area contributed by atoms with Crippen molar-refractivity contribution in [3.8, 4) is 0 Å². The fourth-order valence-electron chi connectivity index (χ4n) is 2.35. The minimum Gasteiger partial charge on any atom is -0.340 e. The molecule has 1 N–H and O–H groups in total. The molecule has 0 fully saturated rings. The summed E-state index contributed by atoms with van der Waals surface area (Å²) in [5, 5.41) is 3.32. The first-order valence-corrected chi connectivity index (χ1v) is 8.52. The third-order valence-corrected chi connectivity index (χ3v) is 4.55. The van der Waals surface area contributed by atoms with Gasteiger partial charge in [0, 0.05) is 29.9 Å². The summed E-state index contributed by atoms with van der Waals surface area (Å²) in [7, 11) is 1.99. The Labute approximate surface area is 150 Å². The standard InChI is InChI=1S/C19H19BrN4/c1-14-8-9-16(12-17(14)20)22-18-10-11-21-19(23-18)24(2)13-15-6-4-3-5-7-15/h3-12H,13H2,1-2H3,(H,21,22,23). The lowest BCUT2D eigenvalue weighted by Crippen LogP contribution is -2.19. The van der Waals surface area contributed by atoms with Crippen LogP contribution in [0, 0.1) is 6.92 Å². The summed E-state index contributed by atoms with van der Waals surface area (Å²) in [4.78, 5) is 11.0. The van der Waals surface area contributed by atoms with Gasteiger partial charge in [-0.15, -0.1) is 0 Å². The second kappa shape index (κ2) is 7.45. The Morgan fingerprint density at radius 2 is 1.88 bits per heavy atom. The number of benzene rings is 2. The number of hydrogen-bond acceptors (Lipinski definition) is 4. The smallest absolute Gasteiger partial charge is 0.227 e. The van der Waals surface area contributed by atoms with E-state index in [1.807, 2.05) is 48.3 Å². The van der Waals surface area contributed by atoms with Gasteiger partial charge in [-0.05, 0) is 36.2 Å². The van der Waals surface area contributed by atoms with Crippen molar-refractivity contribution >= 4 is 33.4 Å². The number of aromatic nitrogens is 2. The van der Waals surface area contributed by atoms with Crippen molar-refractivity contribution in [2.75, 3.05) is 17.3 Å². The van der Waals surface area contributed by atoms with Crippen molar-refractivity contribution in [1.82, 2.24) is 9.97 Å². The van der Waals surface area contributed by atoms with E-state index in [-0.39, 0.29) is 0 Å². The van der Waals surface area contributed by atoms with Gasteiger partial charge in [-0.3, -0.25) is 0 Å². The van der Waals surface area contributed by atoms with E-state index < -0.39 is 0 Å². The molecule has 0 aliphatic rings. The largest absolute Gasteiger partial charge is 0.340 e. The number of halogens is 1. The third kappa shape index (κ3) is 4.11. The third-order valence-electron chi connectivity index (χ3n) is 3.69. The number of rotatable bonds is 5. The Morgan fingerprint density at radius 1 is 1.08 bits per heavy atom. The summed E-state index contributed by atoms with van der Waals surface area (Å²) in [5.41, 5.74) is 3.42. The molecule has 0 spiro atoms. The Hall–Kier alpha value is -2.40. The van der Waals surface area contributed by atoms with Crippen molar-refractivity contribution in [2.24, 2.45) is 0 Å². The van der Waals surface area contributed by atoms with Gasteiger partial charge in [0.15, 0.2) is 0 Å². The van der Waals surface area contributed by atoms with Crippen LogP contribution in [0.5, 0.6) is 0 Å². The summed E-state index contributed by atoms with van der Waals surface area (Å²) >= 11 is 3.55. The SMILES string of the molecule is Cc1ccc(Nc2ccnc(N(C)Cc3ccccc3)n2)cc1Br. The highest BCUT2D eigenvalue weighted by Crippen LogP contribution is 2.23. The van der Waals surface area contributed by atoms with Crippen molar-refractivity contribution in [3.05, 3.63) is 76.4 Å². The minimum atomic E-state index is 0.690. The van der Waals surface area contributed by atoms with Gasteiger partial charge >= 0.3 is 0 Å². The zero-order valence-corrected chi connectivity index (χ0v) is 15.3. The number of aryl methyl sites for hydroxylation is 1. The summed E-state index contributed by atoms with van der Waals surface area (Å²) < 4.78 is 1.07. The molecule has 0 atom stereocenters. The molecule has 5 heteroatoms. The van der Waals surface area contributed by atoms with Crippen molar-refractivity contribution in [3.63, 3.8) is 0 Å². The van der Waals surface area contributed by atoms with Crippen LogP contribution in [0.1, 0.15) is 11.1 Å². The Bertz CT molecular complexity index is 821. The van der Waals surface area contributed by atoms with Gasteiger partial charge in [-0.2, -0.15) is 4.98 Å². The topological polar surface area (TPSA) is 41.1 Å². The molecular formula is C19H19BrN4. The van der Waals surface area contributed by atoms with E-state index in [1.165, 1.54) is 11.1 Å². The van der Waals surface area contributed by atoms with Gasteiger partial charge in [0.25, 0.3) is 0 Å². The van der Waals surface area contributed by atoms with Gasteiger partial charge < -0.3 is 10.2 Å². The van der Waals surface area contributed by atoms with Crippen LogP contribution in [0.4, 0.5) is 17.5 Å². The maximum absolute atomic E-state index is 4.60. The molecular weight excluding hydrogens is 364 g/mol. The normalized spacial score (nSPS) is 10.5. The van der Waals surface area contributed by atoms with E-state index in [0.717, 1.165) is 22.5 Å². The second-order valence-corrected chi connectivity index (χ2v) is 6.53. The zero-order chi connectivity index (χ0) is 16.9. The summed E-state index contributed by atoms with van der Waals surface area (Å²) in [6.45, 7) is 2.83. The Kier molecular flexibility index (Phi) is 5.11. The first-order chi connectivity index (χ1) is 11.6. The highest BCUT2D eigenvalue weighted by Gasteiger charge is 2.07. The molecule has 0 aliphatic heterocycles.